The third kappa shape index (κ3) is 2.45. The lowest BCUT2D eigenvalue weighted by Crippen LogP contribution is -2.72. The number of carbonyl (C=O) groups excluding carboxylic acids is 3. The van der Waals surface area contributed by atoms with E-state index >= 15 is 0 Å². The Hall–Kier alpha value is -1.63. The van der Waals surface area contributed by atoms with Crippen molar-refractivity contribution in [2.45, 2.75) is 38.9 Å². The van der Waals surface area contributed by atoms with Crippen LogP contribution in [0.15, 0.2) is 0 Å². The molecule has 0 aromatic heterocycles. The lowest BCUT2D eigenvalue weighted by atomic mass is 9.95. The quantitative estimate of drug-likeness (QED) is 0.387. The Morgan fingerprint density at radius 3 is 2.06 bits per heavy atom. The average molecular weight is 258 g/mol. The van der Waals surface area contributed by atoms with Crippen LogP contribution in [0.5, 0.6) is 0 Å². The van der Waals surface area contributed by atoms with Gasteiger partial charge in [-0.15, -0.1) is 0 Å². The van der Waals surface area contributed by atoms with Crippen molar-refractivity contribution in [1.82, 2.24) is 4.90 Å². The molecule has 2 atom stereocenters. The Kier molecular flexibility index (Phi) is 4.66. The molecule has 0 radical (unpaired) electrons. The summed E-state index contributed by atoms with van der Waals surface area (Å²) in [7, 11) is 0. The molecular formula is C11H18N2O5. The summed E-state index contributed by atoms with van der Waals surface area (Å²) < 4.78 is 9.57. The van der Waals surface area contributed by atoms with Gasteiger partial charge in [0.2, 0.25) is 11.9 Å². The predicted molar refractivity (Wildman–Crippen MR) is 61.3 cm³/mol. The molecule has 0 saturated carbocycles. The van der Waals surface area contributed by atoms with Crippen LogP contribution in [0.25, 0.3) is 0 Å². The Balaban J connectivity index is 2.88. The van der Waals surface area contributed by atoms with E-state index in [4.69, 9.17) is 15.2 Å². The van der Waals surface area contributed by atoms with Crippen LogP contribution in [0.4, 0.5) is 0 Å². The Labute approximate surface area is 105 Å². The van der Waals surface area contributed by atoms with E-state index in [1.165, 1.54) is 0 Å². The van der Waals surface area contributed by atoms with Gasteiger partial charge in [-0.05, 0) is 20.8 Å². The maximum Gasteiger partial charge on any atom is 0.340 e. The summed E-state index contributed by atoms with van der Waals surface area (Å²) in [6.07, 6.45) is 0. The molecule has 0 aliphatic carbocycles. The first-order chi connectivity index (χ1) is 8.45. The molecular weight excluding hydrogens is 240 g/mol. The minimum Gasteiger partial charge on any atom is -0.464 e. The highest BCUT2D eigenvalue weighted by molar-refractivity contribution is 6.05. The first-order valence-corrected chi connectivity index (χ1v) is 5.86. The van der Waals surface area contributed by atoms with Gasteiger partial charge in [-0.2, -0.15) is 0 Å². The zero-order valence-electron chi connectivity index (χ0n) is 10.7. The van der Waals surface area contributed by atoms with Crippen LogP contribution >= 0.6 is 0 Å². The molecule has 0 spiro atoms. The van der Waals surface area contributed by atoms with Gasteiger partial charge in [-0.3, -0.25) is 4.79 Å². The van der Waals surface area contributed by atoms with Crippen molar-refractivity contribution in [2.24, 2.45) is 5.73 Å². The molecule has 0 aromatic rings. The molecule has 1 fully saturated rings. The number of carbonyl (C=O) groups is 3. The number of hydrogen-bond donors (Lipinski definition) is 1. The van der Waals surface area contributed by atoms with Crippen molar-refractivity contribution < 1.29 is 23.9 Å². The summed E-state index contributed by atoms with van der Waals surface area (Å²) in [5.41, 5.74) is 5.55. The van der Waals surface area contributed by atoms with Crippen LogP contribution < -0.4 is 5.73 Å². The van der Waals surface area contributed by atoms with E-state index < -0.39 is 36.0 Å². The number of β-lactam (4-membered cyclic amide) rings is 1. The van der Waals surface area contributed by atoms with Gasteiger partial charge in [0, 0.05) is 0 Å². The van der Waals surface area contributed by atoms with Crippen molar-refractivity contribution >= 4 is 17.8 Å². The molecule has 1 rings (SSSR count). The zero-order valence-corrected chi connectivity index (χ0v) is 10.7. The topological polar surface area (TPSA) is 98.9 Å². The van der Waals surface area contributed by atoms with Gasteiger partial charge in [0.15, 0.2) is 0 Å². The van der Waals surface area contributed by atoms with E-state index in [9.17, 15) is 14.4 Å². The standard InChI is InChI=1S/C11H18N2O5/c1-4-17-10(15)8(11(16)18-5-2)13-6(3)7(12)9(13)14/h6-8H,4-5,12H2,1-3H3. The van der Waals surface area contributed by atoms with Crippen molar-refractivity contribution in [3.63, 3.8) is 0 Å². The molecule has 7 heteroatoms. The number of ether oxygens (including phenoxy) is 2. The van der Waals surface area contributed by atoms with Gasteiger partial charge in [0.05, 0.1) is 19.3 Å². The van der Waals surface area contributed by atoms with Gasteiger partial charge >= 0.3 is 11.9 Å². The molecule has 1 aliphatic rings. The van der Waals surface area contributed by atoms with Crippen molar-refractivity contribution in [3.05, 3.63) is 0 Å². The average Bonchev–Trinajstić information content (AvgIpc) is 2.34. The Morgan fingerprint density at radius 2 is 1.72 bits per heavy atom. The van der Waals surface area contributed by atoms with Gasteiger partial charge in [-0.25, -0.2) is 9.59 Å². The summed E-state index contributed by atoms with van der Waals surface area (Å²) in [4.78, 5) is 36.2. The number of hydrogen-bond acceptors (Lipinski definition) is 6. The minimum absolute atomic E-state index is 0.122. The van der Waals surface area contributed by atoms with E-state index in [1.807, 2.05) is 0 Å². The van der Waals surface area contributed by atoms with E-state index in [1.54, 1.807) is 20.8 Å². The number of rotatable bonds is 5. The number of amides is 1. The highest BCUT2D eigenvalue weighted by Crippen LogP contribution is 2.22. The molecule has 102 valence electrons. The minimum atomic E-state index is -1.35. The maximum atomic E-state index is 11.7. The van der Waals surface area contributed by atoms with Crippen LogP contribution in [0, 0.1) is 0 Å². The molecule has 18 heavy (non-hydrogen) atoms. The Bertz CT molecular complexity index is 339. The fraction of sp³-hybridized carbons (Fsp3) is 0.727. The molecule has 0 aromatic carbocycles. The molecule has 1 heterocycles. The van der Waals surface area contributed by atoms with Crippen LogP contribution in [0.3, 0.4) is 0 Å². The van der Waals surface area contributed by atoms with E-state index in [-0.39, 0.29) is 13.2 Å². The zero-order chi connectivity index (χ0) is 13.9. The summed E-state index contributed by atoms with van der Waals surface area (Å²) >= 11 is 0. The molecule has 1 aliphatic heterocycles. The largest absolute Gasteiger partial charge is 0.464 e. The van der Waals surface area contributed by atoms with E-state index in [2.05, 4.69) is 0 Å². The molecule has 1 saturated heterocycles. The second kappa shape index (κ2) is 5.81. The van der Waals surface area contributed by atoms with E-state index in [0.29, 0.717) is 0 Å². The lowest BCUT2D eigenvalue weighted by molar-refractivity contribution is -0.177. The summed E-state index contributed by atoms with van der Waals surface area (Å²) in [6, 6.07) is -2.43. The summed E-state index contributed by atoms with van der Waals surface area (Å²) in [5, 5.41) is 0. The van der Waals surface area contributed by atoms with Gasteiger partial charge < -0.3 is 20.1 Å². The fourth-order valence-corrected chi connectivity index (χ4v) is 1.80. The first-order valence-electron chi connectivity index (χ1n) is 5.86. The second-order valence-electron chi connectivity index (χ2n) is 3.92. The third-order valence-corrected chi connectivity index (χ3v) is 2.80. The molecule has 2 unspecified atom stereocenters. The fourth-order valence-electron chi connectivity index (χ4n) is 1.80. The highest BCUT2D eigenvalue weighted by atomic mass is 16.6. The summed E-state index contributed by atoms with van der Waals surface area (Å²) in [6.45, 7) is 5.15. The smallest absolute Gasteiger partial charge is 0.340 e. The van der Waals surface area contributed by atoms with Gasteiger partial charge in [0.1, 0.15) is 6.04 Å². The number of esters is 2. The van der Waals surface area contributed by atoms with Crippen LogP contribution in [0.2, 0.25) is 0 Å². The lowest BCUT2D eigenvalue weighted by Gasteiger charge is -2.45. The number of nitrogens with two attached hydrogens (primary N) is 1. The molecule has 7 nitrogen and oxygen atoms in total. The number of likely N-dealkylation sites (tertiary alicyclic amines) is 1. The molecule has 0 bridgehead atoms. The third-order valence-electron chi connectivity index (χ3n) is 2.80. The predicted octanol–water partition coefficient (Wildman–Crippen LogP) is -0.961. The van der Waals surface area contributed by atoms with Crippen LogP contribution in [0.1, 0.15) is 20.8 Å². The second-order valence-corrected chi connectivity index (χ2v) is 3.92. The Morgan fingerprint density at radius 1 is 1.28 bits per heavy atom. The highest BCUT2D eigenvalue weighted by Gasteiger charge is 2.51. The first kappa shape index (κ1) is 14.4. The maximum absolute atomic E-state index is 11.7. The van der Waals surface area contributed by atoms with Crippen molar-refractivity contribution in [2.75, 3.05) is 13.2 Å². The van der Waals surface area contributed by atoms with E-state index in [0.717, 1.165) is 4.90 Å². The van der Waals surface area contributed by atoms with Crippen LogP contribution in [-0.2, 0) is 23.9 Å². The van der Waals surface area contributed by atoms with Gasteiger partial charge in [0.25, 0.3) is 0 Å². The summed E-state index contributed by atoms with van der Waals surface area (Å²) in [5.74, 6) is -2.03. The monoisotopic (exact) mass is 258 g/mol. The molecule has 1 amide bonds. The van der Waals surface area contributed by atoms with Gasteiger partial charge in [-0.1, -0.05) is 0 Å². The van der Waals surface area contributed by atoms with Crippen LogP contribution in [-0.4, -0.2) is 54.1 Å². The number of nitrogens with zero attached hydrogens (tertiary/aromatic N) is 1. The van der Waals surface area contributed by atoms with Crippen molar-refractivity contribution in [1.29, 1.82) is 0 Å². The van der Waals surface area contributed by atoms with Crippen molar-refractivity contribution in [3.8, 4) is 0 Å². The molecule has 2 N–H and O–H groups in total. The normalized spacial score (nSPS) is 22.7. The SMILES string of the molecule is CCOC(=O)C(C(=O)OCC)N1C(=O)C(N)C1C.